The molecule has 4 nitrogen and oxygen atoms in total. The molecule has 0 unspecified atom stereocenters. The van der Waals surface area contributed by atoms with E-state index < -0.39 is 0 Å². The first-order valence-electron chi connectivity index (χ1n) is 5.16. The number of oxime groups is 1. The molecule has 0 aromatic carbocycles. The molecule has 2 fully saturated rings. The van der Waals surface area contributed by atoms with Gasteiger partial charge in [0.05, 0.1) is 23.8 Å². The zero-order valence-electron chi connectivity index (χ0n) is 8.68. The number of esters is 1. The Labute approximate surface area is 93.1 Å². The van der Waals surface area contributed by atoms with Crippen LogP contribution in [-0.4, -0.2) is 35.0 Å². The molecule has 0 aromatic rings. The van der Waals surface area contributed by atoms with Crippen molar-refractivity contribution in [2.75, 3.05) is 12.9 Å². The third-order valence-electron chi connectivity index (χ3n) is 3.34. The number of rotatable bonds is 3. The van der Waals surface area contributed by atoms with Gasteiger partial charge in [0, 0.05) is 5.92 Å². The van der Waals surface area contributed by atoms with Crippen molar-refractivity contribution in [3.05, 3.63) is 0 Å². The van der Waals surface area contributed by atoms with E-state index in [0.717, 1.165) is 18.6 Å². The first-order chi connectivity index (χ1) is 7.26. The lowest BCUT2D eigenvalue weighted by Gasteiger charge is -2.21. The Morgan fingerprint density at radius 3 is 3.13 bits per heavy atom. The molecule has 0 radical (unpaired) electrons. The molecule has 0 amide bonds. The predicted molar refractivity (Wildman–Crippen MR) is 58.3 cm³/mol. The molecule has 2 bridgehead atoms. The fraction of sp³-hybridized carbons (Fsp3) is 0.800. The van der Waals surface area contributed by atoms with Gasteiger partial charge in [-0.15, -0.1) is 11.8 Å². The summed E-state index contributed by atoms with van der Waals surface area (Å²) in [6.45, 7) is 0. The largest absolute Gasteiger partial charge is 0.468 e. The monoisotopic (exact) mass is 229 g/mol. The Bertz CT molecular complexity index is 292. The summed E-state index contributed by atoms with van der Waals surface area (Å²) in [4.78, 5) is 11.0. The van der Waals surface area contributed by atoms with Crippen molar-refractivity contribution in [3.8, 4) is 0 Å². The molecule has 0 saturated heterocycles. The Morgan fingerprint density at radius 1 is 1.67 bits per heavy atom. The Kier molecular flexibility index (Phi) is 3.19. The highest BCUT2D eigenvalue weighted by atomic mass is 32.2. The number of thioether (sulfide) groups is 1. The van der Waals surface area contributed by atoms with E-state index in [9.17, 15) is 4.79 Å². The number of carbonyl (C=O) groups excluding carboxylic acids is 1. The quantitative estimate of drug-likeness (QED) is 0.453. The topological polar surface area (TPSA) is 58.9 Å². The summed E-state index contributed by atoms with van der Waals surface area (Å²) in [7, 11) is 1.39. The van der Waals surface area contributed by atoms with Crippen LogP contribution in [0.2, 0.25) is 0 Å². The van der Waals surface area contributed by atoms with Gasteiger partial charge in [0.2, 0.25) is 0 Å². The lowest BCUT2D eigenvalue weighted by Crippen LogP contribution is -2.26. The SMILES string of the molecule is COC(=O)CS[C@@H]1/C(=N/O)[C@H]2CC[C@@H]1C2. The highest BCUT2D eigenvalue weighted by Gasteiger charge is 2.45. The molecule has 0 spiro atoms. The van der Waals surface area contributed by atoms with E-state index in [1.807, 2.05) is 0 Å². The standard InChI is InChI=1S/C10H15NO3S/c1-14-8(12)5-15-10-7-3-2-6(4-7)9(10)11-13/h6-7,10,13H,2-5H2,1H3/b11-9+/t6-,7+,10-/m0/s1. The second-order valence-electron chi connectivity index (χ2n) is 4.10. The fourth-order valence-corrected chi connectivity index (χ4v) is 3.97. The Hall–Kier alpha value is -0.710. The Morgan fingerprint density at radius 2 is 2.47 bits per heavy atom. The van der Waals surface area contributed by atoms with E-state index in [-0.39, 0.29) is 11.2 Å². The average molecular weight is 229 g/mol. The summed E-state index contributed by atoms with van der Waals surface area (Å²) in [5.41, 5.74) is 0.889. The highest BCUT2D eigenvalue weighted by Crippen LogP contribution is 2.47. The second kappa shape index (κ2) is 4.43. The molecule has 84 valence electrons. The van der Waals surface area contributed by atoms with Crippen molar-refractivity contribution in [3.63, 3.8) is 0 Å². The molecule has 2 aliphatic rings. The molecule has 15 heavy (non-hydrogen) atoms. The van der Waals surface area contributed by atoms with Crippen LogP contribution in [0.15, 0.2) is 5.16 Å². The van der Waals surface area contributed by atoms with Crippen LogP contribution in [0.3, 0.4) is 0 Å². The van der Waals surface area contributed by atoms with Gasteiger partial charge in [-0.2, -0.15) is 0 Å². The van der Waals surface area contributed by atoms with Gasteiger partial charge < -0.3 is 9.94 Å². The molecule has 1 N–H and O–H groups in total. The molecule has 2 rings (SSSR count). The van der Waals surface area contributed by atoms with Crippen molar-refractivity contribution >= 4 is 23.4 Å². The van der Waals surface area contributed by atoms with Gasteiger partial charge in [0.15, 0.2) is 0 Å². The highest BCUT2D eigenvalue weighted by molar-refractivity contribution is 8.01. The summed E-state index contributed by atoms with van der Waals surface area (Å²) < 4.78 is 4.60. The molecule has 0 aliphatic heterocycles. The summed E-state index contributed by atoms with van der Waals surface area (Å²) >= 11 is 1.55. The van der Waals surface area contributed by atoms with Gasteiger partial charge in [0.25, 0.3) is 0 Å². The number of ether oxygens (including phenoxy) is 1. The minimum atomic E-state index is -0.208. The van der Waals surface area contributed by atoms with Crippen molar-refractivity contribution in [2.24, 2.45) is 17.0 Å². The fourth-order valence-electron chi connectivity index (χ4n) is 2.61. The van der Waals surface area contributed by atoms with Crippen LogP contribution >= 0.6 is 11.8 Å². The minimum Gasteiger partial charge on any atom is -0.468 e. The van der Waals surface area contributed by atoms with Gasteiger partial charge in [-0.05, 0) is 25.2 Å². The molecular formula is C10H15NO3S. The van der Waals surface area contributed by atoms with Gasteiger partial charge in [-0.3, -0.25) is 4.79 Å². The summed E-state index contributed by atoms with van der Waals surface area (Å²) in [6.07, 6.45) is 3.46. The van der Waals surface area contributed by atoms with Gasteiger partial charge in [-0.25, -0.2) is 0 Å². The normalized spacial score (nSPS) is 36.1. The maximum atomic E-state index is 11.0. The van der Waals surface area contributed by atoms with Crippen LogP contribution in [0.5, 0.6) is 0 Å². The predicted octanol–water partition coefficient (Wildman–Crippen LogP) is 1.52. The first-order valence-corrected chi connectivity index (χ1v) is 6.21. The van der Waals surface area contributed by atoms with E-state index in [1.165, 1.54) is 13.5 Å². The van der Waals surface area contributed by atoms with Crippen molar-refractivity contribution < 1.29 is 14.7 Å². The maximum Gasteiger partial charge on any atom is 0.315 e. The molecule has 5 heteroatoms. The number of hydrogen-bond donors (Lipinski definition) is 1. The van der Waals surface area contributed by atoms with Crippen LogP contribution in [0.25, 0.3) is 0 Å². The third kappa shape index (κ3) is 1.97. The number of hydrogen-bond acceptors (Lipinski definition) is 5. The first kappa shape index (κ1) is 10.8. The number of methoxy groups -OCH3 is 1. The zero-order valence-corrected chi connectivity index (χ0v) is 9.50. The van der Waals surface area contributed by atoms with Gasteiger partial charge in [0.1, 0.15) is 0 Å². The van der Waals surface area contributed by atoms with E-state index in [2.05, 4.69) is 9.89 Å². The number of fused-ring (bicyclic) bond motifs is 2. The van der Waals surface area contributed by atoms with E-state index >= 15 is 0 Å². The molecular weight excluding hydrogens is 214 g/mol. The van der Waals surface area contributed by atoms with E-state index in [0.29, 0.717) is 17.6 Å². The molecule has 0 heterocycles. The molecule has 0 aromatic heterocycles. The van der Waals surface area contributed by atoms with Crippen molar-refractivity contribution in [1.82, 2.24) is 0 Å². The zero-order chi connectivity index (χ0) is 10.8. The lowest BCUT2D eigenvalue weighted by molar-refractivity contribution is -0.137. The van der Waals surface area contributed by atoms with E-state index in [1.54, 1.807) is 11.8 Å². The van der Waals surface area contributed by atoms with Gasteiger partial charge in [-0.1, -0.05) is 5.16 Å². The molecule has 2 saturated carbocycles. The van der Waals surface area contributed by atoms with Crippen LogP contribution in [0, 0.1) is 11.8 Å². The second-order valence-corrected chi connectivity index (χ2v) is 5.23. The molecule has 2 aliphatic carbocycles. The van der Waals surface area contributed by atoms with E-state index in [4.69, 9.17) is 5.21 Å². The summed E-state index contributed by atoms with van der Waals surface area (Å²) in [5, 5.41) is 12.6. The number of carbonyl (C=O) groups is 1. The van der Waals surface area contributed by atoms with Crippen LogP contribution in [0.1, 0.15) is 19.3 Å². The van der Waals surface area contributed by atoms with Crippen LogP contribution in [0.4, 0.5) is 0 Å². The van der Waals surface area contributed by atoms with Crippen molar-refractivity contribution in [1.29, 1.82) is 0 Å². The van der Waals surface area contributed by atoms with Gasteiger partial charge >= 0.3 is 5.97 Å². The summed E-state index contributed by atoms with van der Waals surface area (Å²) in [6, 6.07) is 0. The minimum absolute atomic E-state index is 0.208. The number of nitrogens with zero attached hydrogens (tertiary/aromatic N) is 1. The average Bonchev–Trinajstić information content (AvgIpc) is 2.85. The summed E-state index contributed by atoms with van der Waals surface area (Å²) in [5.74, 6) is 1.19. The van der Waals surface area contributed by atoms with Crippen LogP contribution in [-0.2, 0) is 9.53 Å². The lowest BCUT2D eigenvalue weighted by atomic mass is 9.98. The third-order valence-corrected chi connectivity index (χ3v) is 4.72. The smallest absolute Gasteiger partial charge is 0.315 e. The van der Waals surface area contributed by atoms with Crippen molar-refractivity contribution in [2.45, 2.75) is 24.5 Å². The Balaban J connectivity index is 1.94. The maximum absolute atomic E-state index is 11.0. The molecule has 3 atom stereocenters. The van der Waals surface area contributed by atoms with Crippen LogP contribution < -0.4 is 0 Å².